The van der Waals surface area contributed by atoms with Crippen LogP contribution in [0.1, 0.15) is 12.5 Å². The van der Waals surface area contributed by atoms with Crippen LogP contribution in [0.2, 0.25) is 0 Å². The summed E-state index contributed by atoms with van der Waals surface area (Å²) in [4.78, 5) is 0. The molecule has 0 saturated carbocycles. The Hall–Kier alpha value is -0.610. The van der Waals surface area contributed by atoms with Crippen LogP contribution in [0.25, 0.3) is 0 Å². The third kappa shape index (κ3) is 3.80. The second-order valence-corrected chi connectivity index (χ2v) is 4.35. The van der Waals surface area contributed by atoms with E-state index in [9.17, 15) is 8.78 Å². The predicted octanol–water partition coefficient (Wildman–Crippen LogP) is 2.81. The number of thioether (sulfide) groups is 1. The lowest BCUT2D eigenvalue weighted by atomic mass is 10.2. The molecule has 1 N–H and O–H groups in total. The first kappa shape index (κ1) is 12.5. The third-order valence-electron chi connectivity index (χ3n) is 2.11. The van der Waals surface area contributed by atoms with Gasteiger partial charge in [-0.2, -0.15) is 11.8 Å². The summed E-state index contributed by atoms with van der Waals surface area (Å²) in [6.07, 6.45) is 2.00. The quantitative estimate of drug-likeness (QED) is 0.836. The van der Waals surface area contributed by atoms with E-state index >= 15 is 0 Å². The van der Waals surface area contributed by atoms with E-state index < -0.39 is 11.6 Å². The van der Waals surface area contributed by atoms with Crippen molar-refractivity contribution < 1.29 is 8.78 Å². The van der Waals surface area contributed by atoms with E-state index in [0.29, 0.717) is 0 Å². The maximum absolute atomic E-state index is 13.2. The van der Waals surface area contributed by atoms with Gasteiger partial charge in [-0.25, -0.2) is 8.78 Å². The van der Waals surface area contributed by atoms with Gasteiger partial charge in [0.25, 0.3) is 0 Å². The monoisotopic (exact) mass is 231 g/mol. The van der Waals surface area contributed by atoms with Gasteiger partial charge >= 0.3 is 0 Å². The Morgan fingerprint density at radius 2 is 1.93 bits per heavy atom. The third-order valence-corrected chi connectivity index (χ3v) is 2.94. The Morgan fingerprint density at radius 3 is 2.47 bits per heavy atom. The van der Waals surface area contributed by atoms with Gasteiger partial charge in [-0.1, -0.05) is 6.07 Å². The molecule has 0 aliphatic carbocycles. The zero-order valence-corrected chi connectivity index (χ0v) is 9.70. The van der Waals surface area contributed by atoms with E-state index in [-0.39, 0.29) is 18.2 Å². The molecule has 1 atom stereocenters. The maximum Gasteiger partial charge on any atom is 0.130 e. The fourth-order valence-corrected chi connectivity index (χ4v) is 1.90. The molecule has 15 heavy (non-hydrogen) atoms. The van der Waals surface area contributed by atoms with E-state index in [0.717, 1.165) is 5.75 Å². The Kier molecular flexibility index (Phi) is 5.05. The smallest absolute Gasteiger partial charge is 0.130 e. The molecule has 4 heteroatoms. The predicted molar refractivity (Wildman–Crippen MR) is 61.0 cm³/mol. The maximum atomic E-state index is 13.2. The van der Waals surface area contributed by atoms with Crippen LogP contribution in [0.4, 0.5) is 8.78 Å². The van der Waals surface area contributed by atoms with Crippen molar-refractivity contribution in [1.29, 1.82) is 0 Å². The number of halogens is 2. The van der Waals surface area contributed by atoms with Crippen molar-refractivity contribution >= 4 is 11.8 Å². The molecule has 0 radical (unpaired) electrons. The van der Waals surface area contributed by atoms with Crippen LogP contribution in [0.15, 0.2) is 18.2 Å². The molecule has 1 aromatic carbocycles. The average Bonchev–Trinajstić information content (AvgIpc) is 2.17. The molecule has 0 saturated heterocycles. The molecular formula is C11H15F2NS. The summed E-state index contributed by atoms with van der Waals surface area (Å²) in [5.74, 6) is -0.0477. The highest BCUT2D eigenvalue weighted by Gasteiger charge is 2.09. The Morgan fingerprint density at radius 1 is 1.33 bits per heavy atom. The summed E-state index contributed by atoms with van der Waals surface area (Å²) in [5, 5.41) is 3.08. The van der Waals surface area contributed by atoms with E-state index in [1.54, 1.807) is 11.8 Å². The van der Waals surface area contributed by atoms with Crippen molar-refractivity contribution in [3.05, 3.63) is 35.4 Å². The number of rotatable bonds is 5. The van der Waals surface area contributed by atoms with Crippen molar-refractivity contribution in [3.8, 4) is 0 Å². The minimum absolute atomic E-state index is 0.116. The van der Waals surface area contributed by atoms with Crippen molar-refractivity contribution in [2.75, 3.05) is 12.0 Å². The van der Waals surface area contributed by atoms with Crippen LogP contribution >= 0.6 is 11.8 Å². The summed E-state index contributed by atoms with van der Waals surface area (Å²) in [6.45, 7) is 2.23. The summed E-state index contributed by atoms with van der Waals surface area (Å²) < 4.78 is 26.4. The molecule has 0 aromatic heterocycles. The van der Waals surface area contributed by atoms with Gasteiger partial charge in [0.2, 0.25) is 0 Å². The molecule has 0 aliphatic rings. The fraction of sp³-hybridized carbons (Fsp3) is 0.455. The van der Waals surface area contributed by atoms with Gasteiger partial charge < -0.3 is 5.32 Å². The topological polar surface area (TPSA) is 12.0 Å². The Labute approximate surface area is 93.3 Å². The number of hydrogen-bond donors (Lipinski definition) is 1. The largest absolute Gasteiger partial charge is 0.309 e. The fourth-order valence-electron chi connectivity index (χ4n) is 1.29. The van der Waals surface area contributed by atoms with Gasteiger partial charge in [0.05, 0.1) is 0 Å². The van der Waals surface area contributed by atoms with E-state index in [1.165, 1.54) is 18.2 Å². The molecule has 0 spiro atoms. The van der Waals surface area contributed by atoms with Gasteiger partial charge in [0, 0.05) is 23.9 Å². The van der Waals surface area contributed by atoms with Crippen LogP contribution in [0.3, 0.4) is 0 Å². The number of nitrogens with one attached hydrogen (secondary N) is 1. The highest BCUT2D eigenvalue weighted by atomic mass is 32.2. The molecule has 0 amide bonds. The molecule has 0 bridgehead atoms. The molecule has 0 fully saturated rings. The Bertz CT molecular complexity index is 297. The lowest BCUT2D eigenvalue weighted by Gasteiger charge is -2.13. The summed E-state index contributed by atoms with van der Waals surface area (Å²) in [7, 11) is 0. The number of hydrogen-bond acceptors (Lipinski definition) is 2. The van der Waals surface area contributed by atoms with E-state index in [4.69, 9.17) is 0 Å². The Balaban J connectivity index is 2.57. The lowest BCUT2D eigenvalue weighted by molar-refractivity contribution is 0.517. The van der Waals surface area contributed by atoms with Crippen LogP contribution in [-0.2, 0) is 6.54 Å². The van der Waals surface area contributed by atoms with Gasteiger partial charge in [-0.3, -0.25) is 0 Å². The summed E-state index contributed by atoms with van der Waals surface area (Å²) in [5.41, 5.74) is 0.116. The first-order chi connectivity index (χ1) is 7.15. The van der Waals surface area contributed by atoms with Crippen LogP contribution in [0.5, 0.6) is 0 Å². The van der Waals surface area contributed by atoms with Gasteiger partial charge in [0.15, 0.2) is 0 Å². The van der Waals surface area contributed by atoms with E-state index in [2.05, 4.69) is 5.32 Å². The van der Waals surface area contributed by atoms with Crippen LogP contribution in [-0.4, -0.2) is 18.1 Å². The first-order valence-corrected chi connectivity index (χ1v) is 6.19. The van der Waals surface area contributed by atoms with Gasteiger partial charge in [-0.15, -0.1) is 0 Å². The number of benzene rings is 1. The van der Waals surface area contributed by atoms with Crippen molar-refractivity contribution in [2.45, 2.75) is 19.5 Å². The zero-order chi connectivity index (χ0) is 11.3. The second kappa shape index (κ2) is 6.08. The van der Waals surface area contributed by atoms with Crippen LogP contribution in [0, 0.1) is 11.6 Å². The molecule has 0 heterocycles. The highest BCUT2D eigenvalue weighted by molar-refractivity contribution is 7.98. The molecule has 1 nitrogen and oxygen atoms in total. The molecule has 84 valence electrons. The van der Waals surface area contributed by atoms with Gasteiger partial charge in [0.1, 0.15) is 11.6 Å². The average molecular weight is 231 g/mol. The second-order valence-electron chi connectivity index (χ2n) is 3.44. The zero-order valence-electron chi connectivity index (χ0n) is 8.89. The molecule has 1 unspecified atom stereocenters. The van der Waals surface area contributed by atoms with Crippen LogP contribution < -0.4 is 5.32 Å². The van der Waals surface area contributed by atoms with E-state index in [1.807, 2.05) is 13.2 Å². The molecule has 1 rings (SSSR count). The summed E-state index contributed by atoms with van der Waals surface area (Å²) in [6, 6.07) is 4.18. The van der Waals surface area contributed by atoms with Gasteiger partial charge in [-0.05, 0) is 25.3 Å². The molecular weight excluding hydrogens is 216 g/mol. The van der Waals surface area contributed by atoms with Crippen molar-refractivity contribution in [1.82, 2.24) is 5.32 Å². The first-order valence-electron chi connectivity index (χ1n) is 4.80. The van der Waals surface area contributed by atoms with Crippen molar-refractivity contribution in [2.24, 2.45) is 0 Å². The highest BCUT2D eigenvalue weighted by Crippen LogP contribution is 2.11. The SMILES string of the molecule is CSCC(C)NCc1c(F)cccc1F. The molecule has 1 aromatic rings. The molecule has 0 aliphatic heterocycles. The normalized spacial score (nSPS) is 12.8. The standard InChI is InChI=1S/C11H15F2NS/c1-8(7-15-2)14-6-9-10(12)4-3-5-11(9)13/h3-5,8,14H,6-7H2,1-2H3. The minimum atomic E-state index is -0.487. The summed E-state index contributed by atoms with van der Waals surface area (Å²) >= 11 is 1.70. The van der Waals surface area contributed by atoms with Crippen molar-refractivity contribution in [3.63, 3.8) is 0 Å². The lowest BCUT2D eigenvalue weighted by Crippen LogP contribution is -2.28. The minimum Gasteiger partial charge on any atom is -0.309 e.